The number of aliphatic hydroxyl groups excluding tert-OH is 1. The topological polar surface area (TPSA) is 61.3 Å². The first kappa shape index (κ1) is 13.7. The Hall–Kier alpha value is -1.72. The lowest BCUT2D eigenvalue weighted by Crippen LogP contribution is -2.31. The molecular weight excluding hydrogens is 240 g/mol. The molecule has 0 radical (unpaired) electrons. The van der Waals surface area contributed by atoms with Crippen molar-refractivity contribution in [1.82, 2.24) is 15.1 Å². The summed E-state index contributed by atoms with van der Waals surface area (Å²) in [5.41, 5.74) is 0.912. The molecule has 19 heavy (non-hydrogen) atoms. The Bertz CT molecular complexity index is 556. The van der Waals surface area contributed by atoms with Crippen molar-refractivity contribution in [2.75, 3.05) is 32.5 Å². The van der Waals surface area contributed by atoms with Crippen LogP contribution < -0.4 is 5.32 Å². The molecule has 0 amide bonds. The highest BCUT2D eigenvalue weighted by molar-refractivity contribution is 5.92. The van der Waals surface area contributed by atoms with Gasteiger partial charge in [0.2, 0.25) is 0 Å². The van der Waals surface area contributed by atoms with E-state index in [0.717, 1.165) is 22.3 Å². The molecule has 0 aliphatic carbocycles. The molecule has 1 atom stereocenters. The van der Waals surface area contributed by atoms with Crippen molar-refractivity contribution >= 4 is 16.6 Å². The Kier molecular flexibility index (Phi) is 4.29. The summed E-state index contributed by atoms with van der Waals surface area (Å²) in [4.78, 5) is 1.95. The van der Waals surface area contributed by atoms with Crippen molar-refractivity contribution in [2.45, 2.75) is 13.0 Å². The Morgan fingerprint density at radius 1 is 1.21 bits per heavy atom. The Morgan fingerprint density at radius 2 is 1.89 bits per heavy atom. The standard InChI is InChI=1S/C14H20N4O/c1-10-12-6-4-5-7-13(12)14(17-16-10)15-8-11(19)9-18(2)3/h4-7,11,19H,8-9H2,1-3H3,(H,15,17)/t11-/m0/s1. The molecule has 1 aromatic carbocycles. The van der Waals surface area contributed by atoms with E-state index in [0.29, 0.717) is 13.1 Å². The lowest BCUT2D eigenvalue weighted by Gasteiger charge is -2.17. The van der Waals surface area contributed by atoms with E-state index < -0.39 is 6.10 Å². The molecule has 0 saturated carbocycles. The average Bonchev–Trinajstić information content (AvgIpc) is 2.37. The van der Waals surface area contributed by atoms with Crippen molar-refractivity contribution in [1.29, 1.82) is 0 Å². The van der Waals surface area contributed by atoms with E-state index in [-0.39, 0.29) is 0 Å². The van der Waals surface area contributed by atoms with Crippen LogP contribution in [-0.4, -0.2) is 53.5 Å². The second-order valence-corrected chi connectivity index (χ2v) is 4.98. The van der Waals surface area contributed by atoms with Gasteiger partial charge in [0, 0.05) is 23.9 Å². The Morgan fingerprint density at radius 3 is 2.58 bits per heavy atom. The van der Waals surface area contributed by atoms with Crippen LogP contribution in [0.4, 0.5) is 5.82 Å². The number of fused-ring (bicyclic) bond motifs is 1. The van der Waals surface area contributed by atoms with Crippen LogP contribution in [0.25, 0.3) is 10.8 Å². The Balaban J connectivity index is 2.15. The molecule has 0 aliphatic heterocycles. The monoisotopic (exact) mass is 260 g/mol. The van der Waals surface area contributed by atoms with Crippen LogP contribution >= 0.6 is 0 Å². The smallest absolute Gasteiger partial charge is 0.156 e. The average molecular weight is 260 g/mol. The maximum atomic E-state index is 9.86. The fraction of sp³-hybridized carbons (Fsp3) is 0.429. The van der Waals surface area contributed by atoms with Crippen LogP contribution in [-0.2, 0) is 0 Å². The number of likely N-dealkylation sites (N-methyl/N-ethyl adjacent to an activating group) is 1. The number of hydrogen-bond acceptors (Lipinski definition) is 5. The predicted molar refractivity (Wildman–Crippen MR) is 77.3 cm³/mol. The summed E-state index contributed by atoms with van der Waals surface area (Å²) in [6.45, 7) is 3.02. The van der Waals surface area contributed by atoms with Gasteiger partial charge in [0.15, 0.2) is 5.82 Å². The number of benzene rings is 1. The van der Waals surface area contributed by atoms with Gasteiger partial charge in [-0.25, -0.2) is 0 Å². The molecule has 0 bridgehead atoms. The van der Waals surface area contributed by atoms with Crippen LogP contribution in [0.3, 0.4) is 0 Å². The quantitative estimate of drug-likeness (QED) is 0.848. The third-order valence-corrected chi connectivity index (χ3v) is 2.95. The third-order valence-electron chi connectivity index (χ3n) is 2.95. The van der Waals surface area contributed by atoms with Gasteiger partial charge in [-0.2, -0.15) is 5.10 Å². The van der Waals surface area contributed by atoms with Crippen LogP contribution in [0.15, 0.2) is 24.3 Å². The molecule has 5 heteroatoms. The van der Waals surface area contributed by atoms with Crippen molar-refractivity contribution in [2.24, 2.45) is 0 Å². The number of nitrogens with one attached hydrogen (secondary N) is 1. The second kappa shape index (κ2) is 5.95. The van der Waals surface area contributed by atoms with Crippen molar-refractivity contribution in [3.8, 4) is 0 Å². The van der Waals surface area contributed by atoms with E-state index >= 15 is 0 Å². The molecule has 0 fully saturated rings. The van der Waals surface area contributed by atoms with Crippen LogP contribution in [0, 0.1) is 6.92 Å². The first-order valence-corrected chi connectivity index (χ1v) is 6.36. The molecule has 0 aliphatic rings. The molecule has 2 N–H and O–H groups in total. The number of nitrogens with zero attached hydrogens (tertiary/aromatic N) is 3. The second-order valence-electron chi connectivity index (χ2n) is 4.98. The van der Waals surface area contributed by atoms with Gasteiger partial charge in [0.05, 0.1) is 11.8 Å². The van der Waals surface area contributed by atoms with Gasteiger partial charge >= 0.3 is 0 Å². The molecule has 5 nitrogen and oxygen atoms in total. The number of aryl methyl sites for hydroxylation is 1. The fourth-order valence-electron chi connectivity index (χ4n) is 2.07. The summed E-state index contributed by atoms with van der Waals surface area (Å²) in [5, 5.41) is 23.5. The first-order chi connectivity index (χ1) is 9.08. The van der Waals surface area contributed by atoms with Crippen molar-refractivity contribution in [3.05, 3.63) is 30.0 Å². The number of aliphatic hydroxyl groups is 1. The van der Waals surface area contributed by atoms with Crippen molar-refractivity contribution < 1.29 is 5.11 Å². The van der Waals surface area contributed by atoms with Gasteiger partial charge in [-0.05, 0) is 21.0 Å². The van der Waals surface area contributed by atoms with Crippen molar-refractivity contribution in [3.63, 3.8) is 0 Å². The van der Waals surface area contributed by atoms with Crippen LogP contribution in [0.5, 0.6) is 0 Å². The SMILES string of the molecule is Cc1nnc(NC[C@H](O)CN(C)C)c2ccccc12. The van der Waals surface area contributed by atoms with Gasteiger partial charge in [-0.1, -0.05) is 24.3 Å². The van der Waals surface area contributed by atoms with E-state index in [1.54, 1.807) is 0 Å². The molecule has 0 saturated heterocycles. The Labute approximate surface area is 113 Å². The number of anilines is 1. The fourth-order valence-corrected chi connectivity index (χ4v) is 2.07. The van der Waals surface area contributed by atoms with Gasteiger partial charge in [-0.3, -0.25) is 0 Å². The number of aromatic nitrogens is 2. The van der Waals surface area contributed by atoms with E-state index in [1.807, 2.05) is 50.2 Å². The minimum Gasteiger partial charge on any atom is -0.390 e. The van der Waals surface area contributed by atoms with Gasteiger partial charge in [-0.15, -0.1) is 5.10 Å². The highest BCUT2D eigenvalue weighted by Crippen LogP contribution is 2.21. The summed E-state index contributed by atoms with van der Waals surface area (Å²) in [6.07, 6.45) is -0.433. The molecule has 0 unspecified atom stereocenters. The zero-order valence-electron chi connectivity index (χ0n) is 11.6. The van der Waals surface area contributed by atoms with E-state index in [2.05, 4.69) is 15.5 Å². The largest absolute Gasteiger partial charge is 0.390 e. The van der Waals surface area contributed by atoms with Gasteiger partial charge < -0.3 is 15.3 Å². The maximum absolute atomic E-state index is 9.86. The first-order valence-electron chi connectivity index (χ1n) is 6.36. The minimum absolute atomic E-state index is 0.433. The summed E-state index contributed by atoms with van der Waals surface area (Å²) in [6, 6.07) is 8.00. The van der Waals surface area contributed by atoms with Crippen LogP contribution in [0.1, 0.15) is 5.69 Å². The van der Waals surface area contributed by atoms with E-state index in [9.17, 15) is 5.11 Å². The molecule has 0 spiro atoms. The summed E-state index contributed by atoms with van der Waals surface area (Å²) in [5.74, 6) is 0.721. The van der Waals surface area contributed by atoms with Gasteiger partial charge in [0.1, 0.15) is 0 Å². The minimum atomic E-state index is -0.433. The van der Waals surface area contributed by atoms with Gasteiger partial charge in [0.25, 0.3) is 0 Å². The molecule has 2 rings (SSSR count). The summed E-state index contributed by atoms with van der Waals surface area (Å²) in [7, 11) is 3.87. The number of rotatable bonds is 5. The lowest BCUT2D eigenvalue weighted by atomic mass is 10.1. The molecule has 1 heterocycles. The molecule has 102 valence electrons. The van der Waals surface area contributed by atoms with E-state index in [4.69, 9.17) is 0 Å². The molecule has 1 aromatic heterocycles. The predicted octanol–water partition coefficient (Wildman–Crippen LogP) is 1.27. The summed E-state index contributed by atoms with van der Waals surface area (Å²) < 4.78 is 0. The highest BCUT2D eigenvalue weighted by Gasteiger charge is 2.09. The van der Waals surface area contributed by atoms with Crippen LogP contribution in [0.2, 0.25) is 0 Å². The molecular formula is C14H20N4O. The normalized spacial score (nSPS) is 12.9. The summed E-state index contributed by atoms with van der Waals surface area (Å²) >= 11 is 0. The van der Waals surface area contributed by atoms with E-state index in [1.165, 1.54) is 0 Å². The highest BCUT2D eigenvalue weighted by atomic mass is 16.3. The molecule has 2 aromatic rings. The third kappa shape index (κ3) is 3.39. The zero-order valence-corrected chi connectivity index (χ0v) is 11.6. The maximum Gasteiger partial charge on any atom is 0.156 e. The number of hydrogen-bond donors (Lipinski definition) is 2. The lowest BCUT2D eigenvalue weighted by molar-refractivity contribution is 0.148. The zero-order chi connectivity index (χ0) is 13.8.